The predicted molar refractivity (Wildman–Crippen MR) is 65.0 cm³/mol. The molecule has 1 N–H and O–H groups in total. The van der Waals surface area contributed by atoms with Gasteiger partial charge in [0, 0.05) is 18.0 Å². The van der Waals surface area contributed by atoms with Crippen molar-refractivity contribution in [3.05, 3.63) is 46.1 Å². The molecule has 1 aliphatic rings. The van der Waals surface area contributed by atoms with Crippen molar-refractivity contribution in [2.45, 2.75) is 12.6 Å². The fourth-order valence-electron chi connectivity index (χ4n) is 1.60. The van der Waals surface area contributed by atoms with Gasteiger partial charge in [-0.3, -0.25) is 0 Å². The summed E-state index contributed by atoms with van der Waals surface area (Å²) in [6.45, 7) is 0.401. The van der Waals surface area contributed by atoms with Crippen LogP contribution in [0.4, 0.5) is 4.39 Å². The van der Waals surface area contributed by atoms with Gasteiger partial charge in [-0.05, 0) is 17.7 Å². The molecule has 17 heavy (non-hydrogen) atoms. The number of rotatable bonds is 3. The summed E-state index contributed by atoms with van der Waals surface area (Å²) in [5.74, 6) is -0.413. The van der Waals surface area contributed by atoms with Gasteiger partial charge in [0.15, 0.2) is 9.84 Å². The molecule has 0 spiro atoms. The van der Waals surface area contributed by atoms with E-state index in [9.17, 15) is 12.8 Å². The van der Waals surface area contributed by atoms with Crippen LogP contribution in [0.25, 0.3) is 0 Å². The second kappa shape index (κ2) is 4.76. The SMILES string of the molecule is O=S1(=O)C=CC(NCc2ccc(Cl)c(F)c2)C1. The zero-order valence-corrected chi connectivity index (χ0v) is 10.4. The summed E-state index contributed by atoms with van der Waals surface area (Å²) in [6, 6.07) is 4.31. The molecule has 0 aromatic heterocycles. The van der Waals surface area contributed by atoms with Gasteiger partial charge >= 0.3 is 0 Å². The molecule has 0 bridgehead atoms. The number of hydrogen-bond acceptors (Lipinski definition) is 3. The molecule has 0 radical (unpaired) electrons. The van der Waals surface area contributed by atoms with Crippen LogP contribution in [0.15, 0.2) is 29.7 Å². The average Bonchev–Trinajstić information content (AvgIpc) is 2.60. The molecule has 1 heterocycles. The fourth-order valence-corrected chi connectivity index (χ4v) is 2.99. The second-order valence-electron chi connectivity index (χ2n) is 3.89. The van der Waals surface area contributed by atoms with Crippen LogP contribution in [0.3, 0.4) is 0 Å². The standard InChI is InChI=1S/C11H11ClFNO2S/c12-10-2-1-8(5-11(10)13)6-14-9-3-4-17(15,16)7-9/h1-5,9,14H,6-7H2. The number of benzene rings is 1. The summed E-state index contributed by atoms with van der Waals surface area (Å²) in [5.41, 5.74) is 0.726. The summed E-state index contributed by atoms with van der Waals surface area (Å²) >= 11 is 5.56. The lowest BCUT2D eigenvalue weighted by molar-refractivity contribution is 0.587. The van der Waals surface area contributed by atoms with Crippen molar-refractivity contribution >= 4 is 21.4 Å². The summed E-state index contributed by atoms with van der Waals surface area (Å²) in [6.07, 6.45) is 1.60. The van der Waals surface area contributed by atoms with Gasteiger partial charge in [0.1, 0.15) is 5.82 Å². The van der Waals surface area contributed by atoms with Crippen LogP contribution in [0.2, 0.25) is 5.02 Å². The molecule has 0 amide bonds. The Bertz CT molecular complexity index is 557. The van der Waals surface area contributed by atoms with Crippen LogP contribution in [-0.4, -0.2) is 20.2 Å². The minimum atomic E-state index is -3.05. The van der Waals surface area contributed by atoms with Crippen LogP contribution in [0.1, 0.15) is 5.56 Å². The van der Waals surface area contributed by atoms with Crippen molar-refractivity contribution in [1.29, 1.82) is 0 Å². The summed E-state index contributed by atoms with van der Waals surface area (Å²) < 4.78 is 35.4. The third-order valence-corrected chi connectivity index (χ3v) is 4.18. The molecular formula is C11H11ClFNO2S. The van der Waals surface area contributed by atoms with Crippen LogP contribution in [-0.2, 0) is 16.4 Å². The van der Waals surface area contributed by atoms with Crippen molar-refractivity contribution in [2.24, 2.45) is 0 Å². The lowest BCUT2D eigenvalue weighted by atomic mass is 10.2. The Morgan fingerprint density at radius 2 is 2.24 bits per heavy atom. The molecule has 6 heteroatoms. The van der Waals surface area contributed by atoms with Crippen LogP contribution >= 0.6 is 11.6 Å². The highest BCUT2D eigenvalue weighted by molar-refractivity contribution is 7.94. The van der Waals surface area contributed by atoms with Crippen LogP contribution in [0, 0.1) is 5.82 Å². The first-order valence-corrected chi connectivity index (χ1v) is 7.14. The Morgan fingerprint density at radius 3 is 2.82 bits per heavy atom. The zero-order chi connectivity index (χ0) is 12.5. The molecule has 3 nitrogen and oxygen atoms in total. The highest BCUT2D eigenvalue weighted by Gasteiger charge is 2.20. The Hall–Kier alpha value is -0.910. The Labute approximate surface area is 104 Å². The van der Waals surface area contributed by atoms with Crippen molar-refractivity contribution in [3.63, 3.8) is 0 Å². The van der Waals surface area contributed by atoms with Gasteiger partial charge in [0.2, 0.25) is 0 Å². The third kappa shape index (κ3) is 3.28. The Balaban J connectivity index is 1.95. The first-order chi connectivity index (χ1) is 7.96. The van der Waals surface area contributed by atoms with Gasteiger partial charge in [-0.1, -0.05) is 23.7 Å². The normalized spacial score (nSPS) is 21.9. The summed E-state index contributed by atoms with van der Waals surface area (Å²) in [5, 5.41) is 4.31. The van der Waals surface area contributed by atoms with Gasteiger partial charge in [-0.25, -0.2) is 12.8 Å². The smallest absolute Gasteiger partial charge is 0.173 e. The summed E-state index contributed by atoms with van der Waals surface area (Å²) in [4.78, 5) is 0. The van der Waals surface area contributed by atoms with E-state index in [0.717, 1.165) is 5.56 Å². The van der Waals surface area contributed by atoms with E-state index in [4.69, 9.17) is 11.6 Å². The van der Waals surface area contributed by atoms with Crippen LogP contribution in [0.5, 0.6) is 0 Å². The van der Waals surface area contributed by atoms with E-state index < -0.39 is 15.7 Å². The van der Waals surface area contributed by atoms with Gasteiger partial charge < -0.3 is 5.32 Å². The molecule has 0 saturated heterocycles. The Morgan fingerprint density at radius 1 is 1.47 bits per heavy atom. The lowest BCUT2D eigenvalue weighted by Gasteiger charge is -2.09. The first kappa shape index (κ1) is 12.5. The fraction of sp³-hybridized carbons (Fsp3) is 0.273. The van der Waals surface area contributed by atoms with Crippen molar-refractivity contribution in [3.8, 4) is 0 Å². The number of halogens is 2. The lowest BCUT2D eigenvalue weighted by Crippen LogP contribution is -2.29. The largest absolute Gasteiger partial charge is 0.305 e. The molecule has 1 aromatic carbocycles. The van der Waals surface area contributed by atoms with Gasteiger partial charge in [-0.2, -0.15) is 0 Å². The highest BCUT2D eigenvalue weighted by Crippen LogP contribution is 2.16. The van der Waals surface area contributed by atoms with Crippen molar-refractivity contribution in [1.82, 2.24) is 5.32 Å². The van der Waals surface area contributed by atoms with Gasteiger partial charge in [-0.15, -0.1) is 0 Å². The molecule has 1 aliphatic heterocycles. The summed E-state index contributed by atoms with van der Waals surface area (Å²) in [7, 11) is -3.05. The molecule has 1 aromatic rings. The molecular weight excluding hydrogens is 265 g/mol. The molecule has 1 atom stereocenters. The van der Waals surface area contributed by atoms with Crippen LogP contribution < -0.4 is 5.32 Å². The highest BCUT2D eigenvalue weighted by atomic mass is 35.5. The first-order valence-electron chi connectivity index (χ1n) is 5.04. The Kier molecular flexibility index (Phi) is 3.51. The van der Waals surface area contributed by atoms with E-state index >= 15 is 0 Å². The van der Waals surface area contributed by atoms with E-state index in [0.29, 0.717) is 6.54 Å². The molecule has 1 unspecified atom stereocenters. The van der Waals surface area contributed by atoms with E-state index in [1.165, 1.54) is 17.5 Å². The maximum atomic E-state index is 13.1. The molecule has 0 fully saturated rings. The van der Waals surface area contributed by atoms with E-state index in [2.05, 4.69) is 5.32 Å². The number of nitrogens with one attached hydrogen (secondary N) is 1. The average molecular weight is 276 g/mol. The van der Waals surface area contributed by atoms with Crippen molar-refractivity contribution < 1.29 is 12.8 Å². The third-order valence-electron chi connectivity index (χ3n) is 2.48. The van der Waals surface area contributed by atoms with E-state index in [-0.39, 0.29) is 16.8 Å². The van der Waals surface area contributed by atoms with E-state index in [1.54, 1.807) is 12.1 Å². The number of sulfone groups is 1. The maximum absolute atomic E-state index is 13.1. The molecule has 0 saturated carbocycles. The van der Waals surface area contributed by atoms with E-state index in [1.807, 2.05) is 0 Å². The predicted octanol–water partition coefficient (Wildman–Crippen LogP) is 1.88. The maximum Gasteiger partial charge on any atom is 0.173 e. The van der Waals surface area contributed by atoms with Crippen molar-refractivity contribution in [2.75, 3.05) is 5.75 Å². The molecule has 0 aliphatic carbocycles. The van der Waals surface area contributed by atoms with Gasteiger partial charge in [0.05, 0.1) is 10.8 Å². The monoisotopic (exact) mass is 275 g/mol. The minimum Gasteiger partial charge on any atom is -0.305 e. The topological polar surface area (TPSA) is 46.2 Å². The molecule has 92 valence electrons. The quantitative estimate of drug-likeness (QED) is 0.916. The molecule has 2 rings (SSSR count). The minimum absolute atomic E-state index is 0.0586. The second-order valence-corrected chi connectivity index (χ2v) is 6.23. The zero-order valence-electron chi connectivity index (χ0n) is 8.86. The number of hydrogen-bond donors (Lipinski definition) is 1. The van der Waals surface area contributed by atoms with Gasteiger partial charge in [0.25, 0.3) is 0 Å².